The lowest BCUT2D eigenvalue weighted by molar-refractivity contribution is -0.142. The van der Waals surface area contributed by atoms with Crippen LogP contribution in [0.2, 0.25) is 0 Å². The number of carbonyl (C=O) groups is 3. The average Bonchev–Trinajstić information content (AvgIpc) is 3.31. The molecule has 0 radical (unpaired) electrons. The van der Waals surface area contributed by atoms with E-state index in [1.807, 2.05) is 0 Å². The summed E-state index contributed by atoms with van der Waals surface area (Å²) in [5.41, 5.74) is 0.891. The molecule has 1 aliphatic carbocycles. The molecule has 1 saturated heterocycles. The van der Waals surface area contributed by atoms with Gasteiger partial charge < -0.3 is 14.9 Å². The molecule has 128 valence electrons. The van der Waals surface area contributed by atoms with Crippen molar-refractivity contribution in [1.82, 2.24) is 9.80 Å². The van der Waals surface area contributed by atoms with E-state index in [1.54, 1.807) is 43.3 Å². The van der Waals surface area contributed by atoms with Crippen molar-refractivity contribution in [2.75, 3.05) is 27.2 Å². The van der Waals surface area contributed by atoms with Crippen molar-refractivity contribution in [3.8, 4) is 0 Å². The minimum Gasteiger partial charge on any atom is -0.481 e. The van der Waals surface area contributed by atoms with Crippen LogP contribution >= 0.6 is 0 Å². The number of hydrogen-bond donors (Lipinski definition) is 1. The Balaban J connectivity index is 1.78. The molecule has 0 bridgehead atoms. The highest BCUT2D eigenvalue weighted by molar-refractivity contribution is 5.99. The van der Waals surface area contributed by atoms with Crippen molar-refractivity contribution in [2.45, 2.75) is 12.8 Å². The Bertz CT molecular complexity index is 681. The summed E-state index contributed by atoms with van der Waals surface area (Å²) < 4.78 is 0. The summed E-state index contributed by atoms with van der Waals surface area (Å²) in [5, 5.41) is 9.42. The molecule has 6 heteroatoms. The van der Waals surface area contributed by atoms with E-state index in [2.05, 4.69) is 0 Å². The summed E-state index contributed by atoms with van der Waals surface area (Å²) in [7, 11) is 3.32. The number of hydrogen-bond acceptors (Lipinski definition) is 3. The van der Waals surface area contributed by atoms with Crippen LogP contribution in [-0.4, -0.2) is 59.9 Å². The molecule has 2 amide bonds. The largest absolute Gasteiger partial charge is 0.481 e. The molecule has 2 atom stereocenters. The van der Waals surface area contributed by atoms with E-state index in [4.69, 9.17) is 0 Å². The molecule has 1 aliphatic heterocycles. The first kappa shape index (κ1) is 16.5. The summed E-state index contributed by atoms with van der Waals surface area (Å²) in [6.45, 7) is 0.744. The quantitative estimate of drug-likeness (QED) is 0.909. The summed E-state index contributed by atoms with van der Waals surface area (Å²) >= 11 is 0. The molecule has 1 aromatic carbocycles. The second kappa shape index (κ2) is 6.26. The van der Waals surface area contributed by atoms with Gasteiger partial charge in [-0.25, -0.2) is 0 Å². The molecule has 1 heterocycles. The molecule has 0 unspecified atom stereocenters. The van der Waals surface area contributed by atoms with Crippen LogP contribution in [0, 0.1) is 17.8 Å². The zero-order valence-electron chi connectivity index (χ0n) is 13.9. The third-order valence-corrected chi connectivity index (χ3v) is 4.96. The first-order chi connectivity index (χ1) is 11.4. The van der Waals surface area contributed by atoms with Gasteiger partial charge in [-0.1, -0.05) is 6.07 Å². The van der Waals surface area contributed by atoms with Crippen LogP contribution in [0.4, 0.5) is 0 Å². The van der Waals surface area contributed by atoms with Crippen molar-refractivity contribution < 1.29 is 19.5 Å². The number of carboxylic acids is 1. The van der Waals surface area contributed by atoms with Gasteiger partial charge >= 0.3 is 5.97 Å². The molecule has 24 heavy (non-hydrogen) atoms. The van der Waals surface area contributed by atoms with Crippen LogP contribution in [0.1, 0.15) is 33.6 Å². The van der Waals surface area contributed by atoms with Crippen LogP contribution in [0.15, 0.2) is 24.3 Å². The predicted octanol–water partition coefficient (Wildman–Crippen LogP) is 1.57. The lowest BCUT2D eigenvalue weighted by Gasteiger charge is -2.17. The number of amides is 2. The number of nitrogens with zero attached hydrogens (tertiary/aromatic N) is 2. The summed E-state index contributed by atoms with van der Waals surface area (Å²) in [6.07, 6.45) is 2.12. The minimum absolute atomic E-state index is 0.0537. The first-order valence-electron chi connectivity index (χ1n) is 8.22. The van der Waals surface area contributed by atoms with Crippen LogP contribution in [0.3, 0.4) is 0 Å². The zero-order chi connectivity index (χ0) is 17.4. The van der Waals surface area contributed by atoms with Gasteiger partial charge in [-0.15, -0.1) is 0 Å². The fraction of sp³-hybridized carbons (Fsp3) is 0.500. The Kier molecular flexibility index (Phi) is 4.30. The van der Waals surface area contributed by atoms with Crippen LogP contribution in [0.25, 0.3) is 0 Å². The lowest BCUT2D eigenvalue weighted by Crippen LogP contribution is -2.30. The summed E-state index contributed by atoms with van der Waals surface area (Å²) in [5.74, 6) is -1.17. The molecule has 0 aromatic heterocycles. The average molecular weight is 330 g/mol. The highest BCUT2D eigenvalue weighted by Crippen LogP contribution is 2.44. The number of benzene rings is 1. The van der Waals surface area contributed by atoms with Crippen molar-refractivity contribution in [3.63, 3.8) is 0 Å². The van der Waals surface area contributed by atoms with Gasteiger partial charge in [0.05, 0.1) is 5.92 Å². The molecular weight excluding hydrogens is 308 g/mol. The molecule has 3 rings (SSSR count). The molecule has 2 aliphatic rings. The molecule has 1 N–H and O–H groups in total. The lowest BCUT2D eigenvalue weighted by atomic mass is 9.92. The van der Waals surface area contributed by atoms with Crippen molar-refractivity contribution in [2.24, 2.45) is 17.8 Å². The molecule has 2 fully saturated rings. The van der Waals surface area contributed by atoms with Gasteiger partial charge in [0, 0.05) is 38.3 Å². The number of rotatable bonds is 4. The second-order valence-electron chi connectivity index (χ2n) is 6.94. The summed E-state index contributed by atoms with van der Waals surface area (Å²) in [6, 6.07) is 6.63. The van der Waals surface area contributed by atoms with Crippen molar-refractivity contribution in [1.29, 1.82) is 0 Å². The van der Waals surface area contributed by atoms with Crippen LogP contribution in [-0.2, 0) is 4.79 Å². The molecule has 1 aromatic rings. The normalized spacial score (nSPS) is 23.2. The monoisotopic (exact) mass is 330 g/mol. The maximum absolute atomic E-state index is 12.8. The van der Waals surface area contributed by atoms with Crippen LogP contribution in [0.5, 0.6) is 0 Å². The van der Waals surface area contributed by atoms with E-state index in [1.165, 1.54) is 4.90 Å². The number of aliphatic carboxylic acids is 1. The molecular formula is C18H22N2O4. The highest BCUT2D eigenvalue weighted by Gasteiger charge is 2.46. The van der Waals surface area contributed by atoms with E-state index in [0.717, 1.165) is 12.8 Å². The minimum atomic E-state index is -0.821. The Morgan fingerprint density at radius 3 is 2.38 bits per heavy atom. The third kappa shape index (κ3) is 3.13. The van der Waals surface area contributed by atoms with Gasteiger partial charge in [-0.3, -0.25) is 14.4 Å². The van der Waals surface area contributed by atoms with Gasteiger partial charge in [-0.05, 0) is 42.9 Å². The number of likely N-dealkylation sites (tertiary alicyclic amines) is 1. The van der Waals surface area contributed by atoms with Gasteiger partial charge in [0.1, 0.15) is 0 Å². The van der Waals surface area contributed by atoms with Gasteiger partial charge in [0.2, 0.25) is 0 Å². The van der Waals surface area contributed by atoms with Gasteiger partial charge in [0.15, 0.2) is 0 Å². The van der Waals surface area contributed by atoms with E-state index in [0.29, 0.717) is 23.6 Å². The Labute approximate surface area is 141 Å². The standard InChI is InChI=1S/C18H22N2O4/c1-19(2)16(21)12-4-3-5-13(8-12)17(22)20-9-14(11-6-7-11)15(10-20)18(23)24/h3-5,8,11,14-15H,6-7,9-10H2,1-2H3,(H,23,24)/t14-,15+/m1/s1. The van der Waals surface area contributed by atoms with Gasteiger partial charge in [0.25, 0.3) is 11.8 Å². The topological polar surface area (TPSA) is 77.9 Å². The molecule has 1 saturated carbocycles. The second-order valence-corrected chi connectivity index (χ2v) is 6.94. The fourth-order valence-electron chi connectivity index (χ4n) is 3.48. The third-order valence-electron chi connectivity index (χ3n) is 4.96. The van der Waals surface area contributed by atoms with E-state index in [-0.39, 0.29) is 24.3 Å². The SMILES string of the molecule is CN(C)C(=O)c1cccc(C(=O)N2C[C@H](C(=O)O)[C@@H](C3CC3)C2)c1. The van der Waals surface area contributed by atoms with Crippen molar-refractivity contribution in [3.05, 3.63) is 35.4 Å². The highest BCUT2D eigenvalue weighted by atomic mass is 16.4. The Hall–Kier alpha value is -2.37. The number of carboxylic acid groups (broad SMARTS) is 1. The smallest absolute Gasteiger partial charge is 0.308 e. The van der Waals surface area contributed by atoms with E-state index < -0.39 is 11.9 Å². The zero-order valence-corrected chi connectivity index (χ0v) is 13.9. The van der Waals surface area contributed by atoms with Crippen LogP contribution < -0.4 is 0 Å². The fourth-order valence-corrected chi connectivity index (χ4v) is 3.48. The van der Waals surface area contributed by atoms with E-state index >= 15 is 0 Å². The molecule has 6 nitrogen and oxygen atoms in total. The Morgan fingerprint density at radius 2 is 1.79 bits per heavy atom. The maximum Gasteiger partial charge on any atom is 0.308 e. The number of carbonyl (C=O) groups excluding carboxylic acids is 2. The predicted molar refractivity (Wildman–Crippen MR) is 87.7 cm³/mol. The first-order valence-corrected chi connectivity index (χ1v) is 8.22. The summed E-state index contributed by atoms with van der Waals surface area (Å²) in [4.78, 5) is 39.4. The van der Waals surface area contributed by atoms with Gasteiger partial charge in [-0.2, -0.15) is 0 Å². The maximum atomic E-state index is 12.8. The molecule has 0 spiro atoms. The van der Waals surface area contributed by atoms with Crippen molar-refractivity contribution >= 4 is 17.8 Å². The Morgan fingerprint density at radius 1 is 1.12 bits per heavy atom. The van der Waals surface area contributed by atoms with E-state index in [9.17, 15) is 19.5 Å².